The molecule has 2 amide bonds. The van der Waals surface area contributed by atoms with E-state index in [4.69, 9.17) is 0 Å². The predicted octanol–water partition coefficient (Wildman–Crippen LogP) is 2.89. The van der Waals surface area contributed by atoms with Gasteiger partial charge in [-0.15, -0.1) is 5.10 Å². The topological polar surface area (TPSA) is 63.1 Å². The lowest BCUT2D eigenvalue weighted by Gasteiger charge is -2.35. The van der Waals surface area contributed by atoms with Crippen LogP contribution in [0.1, 0.15) is 31.0 Å². The fourth-order valence-electron chi connectivity index (χ4n) is 3.28. The standard InChI is InChI=1S/C17H22FN5O/c1-12-15(20-21-22(12)3)19-16(24)23-10-4-9-17(23,2)11-13-5-7-14(18)8-6-13/h5-8H,4,9-11H2,1-3H3,(H,19,24)/t17-/m1/s1. The molecule has 1 aliphatic heterocycles. The van der Waals surface area contributed by atoms with Crippen LogP contribution in [0.25, 0.3) is 0 Å². The largest absolute Gasteiger partial charge is 0.323 e. The van der Waals surface area contributed by atoms with E-state index >= 15 is 0 Å². The van der Waals surface area contributed by atoms with Gasteiger partial charge in [0.25, 0.3) is 0 Å². The quantitative estimate of drug-likeness (QED) is 0.940. The molecule has 0 unspecified atom stereocenters. The highest BCUT2D eigenvalue weighted by atomic mass is 19.1. The van der Waals surface area contributed by atoms with Crippen molar-refractivity contribution in [2.75, 3.05) is 11.9 Å². The summed E-state index contributed by atoms with van der Waals surface area (Å²) in [5, 5.41) is 10.7. The van der Waals surface area contributed by atoms with Gasteiger partial charge in [0.2, 0.25) is 0 Å². The lowest BCUT2D eigenvalue weighted by atomic mass is 9.90. The second-order valence-corrected chi connectivity index (χ2v) is 6.63. The van der Waals surface area contributed by atoms with Crippen LogP contribution < -0.4 is 5.32 Å². The van der Waals surface area contributed by atoms with E-state index in [1.807, 2.05) is 11.8 Å². The van der Waals surface area contributed by atoms with Gasteiger partial charge in [-0.1, -0.05) is 17.3 Å². The molecule has 0 aliphatic carbocycles. The second kappa shape index (κ2) is 6.22. The molecule has 0 radical (unpaired) electrons. The van der Waals surface area contributed by atoms with Crippen LogP contribution in [0.15, 0.2) is 24.3 Å². The maximum atomic E-state index is 13.1. The zero-order valence-corrected chi connectivity index (χ0v) is 14.2. The summed E-state index contributed by atoms with van der Waals surface area (Å²) >= 11 is 0. The number of nitrogens with one attached hydrogen (secondary N) is 1. The van der Waals surface area contributed by atoms with E-state index < -0.39 is 0 Å². The molecule has 3 rings (SSSR count). The third-order valence-electron chi connectivity index (χ3n) is 4.82. The molecule has 1 aromatic carbocycles. The van der Waals surface area contributed by atoms with Crippen molar-refractivity contribution < 1.29 is 9.18 Å². The molecule has 7 heteroatoms. The molecule has 0 saturated carbocycles. The van der Waals surface area contributed by atoms with Gasteiger partial charge < -0.3 is 4.90 Å². The van der Waals surface area contributed by atoms with E-state index in [1.165, 1.54) is 12.1 Å². The van der Waals surface area contributed by atoms with E-state index in [2.05, 4.69) is 22.6 Å². The van der Waals surface area contributed by atoms with Gasteiger partial charge in [0.05, 0.1) is 5.69 Å². The Morgan fingerprint density at radius 1 is 1.38 bits per heavy atom. The van der Waals surface area contributed by atoms with E-state index in [9.17, 15) is 9.18 Å². The van der Waals surface area contributed by atoms with E-state index in [1.54, 1.807) is 23.9 Å². The van der Waals surface area contributed by atoms with Crippen molar-refractivity contribution in [3.05, 3.63) is 41.3 Å². The SMILES string of the molecule is Cc1c(NC(=O)N2CCC[C@]2(C)Cc2ccc(F)cc2)nnn1C. The van der Waals surface area contributed by atoms with Crippen molar-refractivity contribution in [2.24, 2.45) is 7.05 Å². The van der Waals surface area contributed by atoms with Crippen LogP contribution in [0.3, 0.4) is 0 Å². The lowest BCUT2D eigenvalue weighted by Crippen LogP contribution is -2.48. The summed E-state index contributed by atoms with van der Waals surface area (Å²) in [6.07, 6.45) is 2.56. The van der Waals surface area contributed by atoms with Crippen molar-refractivity contribution in [1.29, 1.82) is 0 Å². The van der Waals surface area contributed by atoms with Crippen LogP contribution in [-0.4, -0.2) is 38.0 Å². The second-order valence-electron chi connectivity index (χ2n) is 6.63. The average Bonchev–Trinajstić information content (AvgIpc) is 3.07. The number of aryl methyl sites for hydroxylation is 1. The van der Waals surface area contributed by atoms with Crippen LogP contribution in [0.5, 0.6) is 0 Å². The number of benzene rings is 1. The third-order valence-corrected chi connectivity index (χ3v) is 4.82. The van der Waals surface area contributed by atoms with Gasteiger partial charge in [0.15, 0.2) is 5.82 Å². The van der Waals surface area contributed by atoms with E-state index in [0.29, 0.717) is 18.8 Å². The van der Waals surface area contributed by atoms with Crippen molar-refractivity contribution >= 4 is 11.8 Å². The first-order valence-corrected chi connectivity index (χ1v) is 8.08. The molecular weight excluding hydrogens is 309 g/mol. The number of aromatic nitrogens is 3. The van der Waals surface area contributed by atoms with Gasteiger partial charge >= 0.3 is 6.03 Å². The van der Waals surface area contributed by atoms with Crippen molar-refractivity contribution in [3.63, 3.8) is 0 Å². The van der Waals surface area contributed by atoms with E-state index in [0.717, 1.165) is 24.1 Å². The van der Waals surface area contributed by atoms with Crippen molar-refractivity contribution in [3.8, 4) is 0 Å². The van der Waals surface area contributed by atoms with Gasteiger partial charge in [-0.05, 0) is 50.8 Å². The number of hydrogen-bond donors (Lipinski definition) is 1. The molecule has 24 heavy (non-hydrogen) atoms. The normalized spacial score (nSPS) is 20.4. The first-order valence-electron chi connectivity index (χ1n) is 8.08. The number of amides is 2. The molecule has 128 valence electrons. The summed E-state index contributed by atoms with van der Waals surface area (Å²) < 4.78 is 14.7. The first kappa shape index (κ1) is 16.4. The smallest absolute Gasteiger partial charge is 0.319 e. The molecule has 2 aromatic rings. The van der Waals surface area contributed by atoms with Gasteiger partial charge in [0, 0.05) is 19.1 Å². The van der Waals surface area contributed by atoms with E-state index in [-0.39, 0.29) is 17.4 Å². The summed E-state index contributed by atoms with van der Waals surface area (Å²) in [4.78, 5) is 14.6. The Labute approximate surface area is 140 Å². The van der Waals surface area contributed by atoms with Gasteiger partial charge in [-0.3, -0.25) is 10.00 Å². The molecule has 6 nitrogen and oxygen atoms in total. The molecule has 1 aromatic heterocycles. The number of carbonyl (C=O) groups is 1. The summed E-state index contributed by atoms with van der Waals surface area (Å²) in [7, 11) is 1.78. The minimum absolute atomic E-state index is 0.166. The fourth-order valence-corrected chi connectivity index (χ4v) is 3.28. The Morgan fingerprint density at radius 2 is 2.08 bits per heavy atom. The summed E-state index contributed by atoms with van der Waals surface area (Å²) in [6.45, 7) is 4.63. The van der Waals surface area contributed by atoms with Crippen LogP contribution in [0.2, 0.25) is 0 Å². The number of urea groups is 1. The number of likely N-dealkylation sites (tertiary alicyclic amines) is 1. The molecular formula is C17H22FN5O. The van der Waals surface area contributed by atoms with Crippen LogP contribution in [-0.2, 0) is 13.5 Å². The summed E-state index contributed by atoms with van der Waals surface area (Å²) in [6, 6.07) is 6.31. The lowest BCUT2D eigenvalue weighted by molar-refractivity contribution is 0.167. The minimum Gasteiger partial charge on any atom is -0.319 e. The Hall–Kier alpha value is -2.44. The summed E-state index contributed by atoms with van der Waals surface area (Å²) in [5.74, 6) is 0.238. The third kappa shape index (κ3) is 3.11. The molecule has 1 aliphatic rings. The van der Waals surface area contributed by atoms with Gasteiger partial charge in [-0.25, -0.2) is 9.18 Å². The molecule has 1 fully saturated rings. The maximum Gasteiger partial charge on any atom is 0.323 e. The fraction of sp³-hybridized carbons (Fsp3) is 0.471. The Kier molecular flexibility index (Phi) is 4.26. The molecule has 2 heterocycles. The molecule has 1 saturated heterocycles. The number of hydrogen-bond acceptors (Lipinski definition) is 3. The average molecular weight is 331 g/mol. The highest BCUT2D eigenvalue weighted by molar-refractivity contribution is 5.89. The number of carbonyl (C=O) groups excluding carboxylic acids is 1. The summed E-state index contributed by atoms with van der Waals surface area (Å²) in [5.41, 5.74) is 1.54. The number of anilines is 1. The number of rotatable bonds is 3. The minimum atomic E-state index is -0.294. The van der Waals surface area contributed by atoms with Crippen LogP contribution >= 0.6 is 0 Å². The monoisotopic (exact) mass is 331 g/mol. The molecule has 1 N–H and O–H groups in total. The van der Waals surface area contributed by atoms with Crippen LogP contribution in [0, 0.1) is 12.7 Å². The predicted molar refractivity (Wildman–Crippen MR) is 89.2 cm³/mol. The maximum absolute atomic E-state index is 13.1. The molecule has 1 atom stereocenters. The molecule has 0 spiro atoms. The van der Waals surface area contributed by atoms with Crippen LogP contribution in [0.4, 0.5) is 15.0 Å². The Bertz CT molecular complexity index is 742. The Balaban J connectivity index is 1.75. The Morgan fingerprint density at radius 3 is 2.71 bits per heavy atom. The highest BCUT2D eigenvalue weighted by Crippen LogP contribution is 2.33. The number of nitrogens with zero attached hydrogens (tertiary/aromatic N) is 4. The zero-order chi connectivity index (χ0) is 17.3. The van der Waals surface area contributed by atoms with Crippen molar-refractivity contribution in [2.45, 2.75) is 38.6 Å². The van der Waals surface area contributed by atoms with Crippen molar-refractivity contribution in [1.82, 2.24) is 19.9 Å². The van der Waals surface area contributed by atoms with Gasteiger partial charge in [-0.2, -0.15) is 0 Å². The number of halogens is 1. The molecule has 0 bridgehead atoms. The van der Waals surface area contributed by atoms with Gasteiger partial charge in [0.1, 0.15) is 5.82 Å². The first-order chi connectivity index (χ1) is 11.4. The highest BCUT2D eigenvalue weighted by Gasteiger charge is 2.40. The zero-order valence-electron chi connectivity index (χ0n) is 14.2.